The molecule has 0 aliphatic carbocycles. The summed E-state index contributed by atoms with van der Waals surface area (Å²) in [7, 11) is -7.39. The first-order chi connectivity index (χ1) is 19.4. The fourth-order valence-electron chi connectivity index (χ4n) is 4.23. The predicted molar refractivity (Wildman–Crippen MR) is 156 cm³/mol. The number of hydrogen-bond donors (Lipinski definition) is 1. The molecule has 1 N–H and O–H groups in total. The number of pyridine rings is 1. The summed E-state index contributed by atoms with van der Waals surface area (Å²) in [4.78, 5) is 15.5. The van der Waals surface area contributed by atoms with E-state index in [-0.39, 0.29) is 58.4 Å². The summed E-state index contributed by atoms with van der Waals surface area (Å²) in [6, 6.07) is 8.05. The van der Waals surface area contributed by atoms with E-state index in [4.69, 9.17) is 27.9 Å². The van der Waals surface area contributed by atoms with E-state index in [1.807, 2.05) is 0 Å². The number of aromatic nitrogens is 2. The van der Waals surface area contributed by atoms with Gasteiger partial charge in [-0.15, -0.1) is 23.2 Å². The van der Waals surface area contributed by atoms with Gasteiger partial charge in [-0.25, -0.2) is 25.6 Å². The fraction of sp³-hybridized carbons (Fsp3) is 0.269. The molecule has 0 spiro atoms. The minimum Gasteiger partial charge on any atom is -0.454 e. The number of fused-ring (bicyclic) bond motifs is 1. The van der Waals surface area contributed by atoms with Gasteiger partial charge in [0.15, 0.2) is 11.6 Å². The molecule has 9 nitrogen and oxygen atoms in total. The lowest BCUT2D eigenvalue weighted by atomic mass is 10.0. The Balaban J connectivity index is 2.00. The Kier molecular flexibility index (Phi) is 9.32. The van der Waals surface area contributed by atoms with Crippen LogP contribution in [0.15, 0.2) is 59.7 Å². The molecule has 220 valence electrons. The smallest absolute Gasteiger partial charge is 0.274 e. The summed E-state index contributed by atoms with van der Waals surface area (Å²) in [5, 5.41) is 0.413. The van der Waals surface area contributed by atoms with Crippen molar-refractivity contribution in [3.63, 3.8) is 0 Å². The first-order valence-electron chi connectivity index (χ1n) is 12.2. The molecule has 4 rings (SSSR count). The van der Waals surface area contributed by atoms with Crippen LogP contribution in [0.1, 0.15) is 12.8 Å². The number of halogens is 4. The van der Waals surface area contributed by atoms with Crippen LogP contribution in [-0.2, 0) is 27.1 Å². The van der Waals surface area contributed by atoms with Crippen molar-refractivity contribution in [1.82, 2.24) is 9.55 Å². The van der Waals surface area contributed by atoms with Crippen LogP contribution in [-0.4, -0.2) is 49.7 Å². The molecule has 0 bridgehead atoms. The number of ether oxygens (including phenoxy) is 1. The minimum atomic E-state index is -4.44. The summed E-state index contributed by atoms with van der Waals surface area (Å²) in [5.74, 6) is -3.30. The predicted octanol–water partition coefficient (Wildman–Crippen LogP) is 5.33. The molecule has 4 aromatic rings. The van der Waals surface area contributed by atoms with Crippen LogP contribution < -0.4 is 14.0 Å². The number of sulfonamides is 2. The van der Waals surface area contributed by atoms with Crippen LogP contribution in [0.4, 0.5) is 14.5 Å². The van der Waals surface area contributed by atoms with E-state index >= 15 is 0 Å². The summed E-state index contributed by atoms with van der Waals surface area (Å²) in [5.41, 5.74) is 0.102. The third-order valence-electron chi connectivity index (χ3n) is 6.05. The zero-order valence-corrected chi connectivity index (χ0v) is 24.8. The van der Waals surface area contributed by atoms with Gasteiger partial charge in [0.25, 0.3) is 5.56 Å². The third kappa shape index (κ3) is 6.53. The zero-order chi connectivity index (χ0) is 29.9. The molecular formula is C26H25Cl2F2N3O6S2. The number of rotatable bonds is 12. The first kappa shape index (κ1) is 30.8. The normalized spacial score (nSPS) is 12.1. The second-order valence-electron chi connectivity index (χ2n) is 9.00. The molecular weight excluding hydrogens is 623 g/mol. The monoisotopic (exact) mass is 647 g/mol. The number of nitrogens with one attached hydrogen (secondary N) is 1. The molecule has 0 radical (unpaired) electrons. The largest absolute Gasteiger partial charge is 0.454 e. The van der Waals surface area contributed by atoms with Gasteiger partial charge >= 0.3 is 0 Å². The van der Waals surface area contributed by atoms with E-state index in [1.54, 1.807) is 6.07 Å². The van der Waals surface area contributed by atoms with Gasteiger partial charge in [0, 0.05) is 53.8 Å². The lowest BCUT2D eigenvalue weighted by Gasteiger charge is -2.25. The Hall–Kier alpha value is -3.13. The van der Waals surface area contributed by atoms with Crippen molar-refractivity contribution in [3.05, 3.63) is 76.8 Å². The van der Waals surface area contributed by atoms with E-state index in [0.717, 1.165) is 12.1 Å². The van der Waals surface area contributed by atoms with Gasteiger partial charge in [-0.3, -0.25) is 4.79 Å². The van der Waals surface area contributed by atoms with E-state index in [1.165, 1.54) is 42.2 Å². The quantitative estimate of drug-likeness (QED) is 0.208. The molecule has 0 aliphatic heterocycles. The highest BCUT2D eigenvalue weighted by atomic mass is 35.5. The summed E-state index contributed by atoms with van der Waals surface area (Å²) in [6.07, 6.45) is 2.97. The standard InChI is InChI=1S/C26H25Cl2F2N3O6S2/c1-32-16-21(19-8-11-31-25(19)26(32)34)20-15-18(5-7-23(20)39-24-6-4-17(29)14-22(24)30)33(40(35,36)12-2-9-27)41(37,38)13-3-10-28/h4-8,11,14-16,31H,2-3,9-10,12-13H2,1H3. The topological polar surface area (TPSA) is 119 Å². The molecule has 0 saturated carbocycles. The summed E-state index contributed by atoms with van der Waals surface area (Å²) >= 11 is 11.4. The molecule has 0 atom stereocenters. The fourth-order valence-corrected chi connectivity index (χ4v) is 8.86. The maximum atomic E-state index is 14.5. The van der Waals surface area contributed by atoms with Crippen molar-refractivity contribution in [2.45, 2.75) is 12.8 Å². The molecule has 0 saturated heterocycles. The van der Waals surface area contributed by atoms with Crippen LogP contribution in [0.5, 0.6) is 11.5 Å². The van der Waals surface area contributed by atoms with Crippen LogP contribution in [0.3, 0.4) is 0 Å². The lowest BCUT2D eigenvalue weighted by Crippen LogP contribution is -2.40. The number of benzene rings is 2. The second-order valence-corrected chi connectivity index (χ2v) is 13.9. The third-order valence-corrected chi connectivity index (χ3v) is 11.0. The average molecular weight is 649 g/mol. The number of anilines is 1. The first-order valence-corrected chi connectivity index (χ1v) is 16.5. The average Bonchev–Trinajstić information content (AvgIpc) is 3.41. The Morgan fingerprint density at radius 1 is 0.902 bits per heavy atom. The Labute approximate surface area is 245 Å². The van der Waals surface area contributed by atoms with E-state index in [2.05, 4.69) is 4.98 Å². The van der Waals surface area contributed by atoms with E-state index < -0.39 is 43.2 Å². The van der Waals surface area contributed by atoms with Gasteiger partial charge < -0.3 is 14.3 Å². The number of H-pyrrole nitrogens is 1. The van der Waals surface area contributed by atoms with Gasteiger partial charge in [0.2, 0.25) is 20.0 Å². The number of aromatic amines is 1. The van der Waals surface area contributed by atoms with Crippen molar-refractivity contribution in [1.29, 1.82) is 0 Å². The lowest BCUT2D eigenvalue weighted by molar-refractivity contribution is 0.439. The van der Waals surface area contributed by atoms with Crippen LogP contribution in [0.25, 0.3) is 22.0 Å². The molecule has 0 aliphatic rings. The maximum absolute atomic E-state index is 14.5. The van der Waals surface area contributed by atoms with E-state index in [0.29, 0.717) is 20.7 Å². The van der Waals surface area contributed by atoms with Crippen LogP contribution >= 0.6 is 23.2 Å². The number of nitrogens with zero attached hydrogens (tertiary/aromatic N) is 2. The molecule has 0 amide bonds. The van der Waals surface area contributed by atoms with E-state index in [9.17, 15) is 30.4 Å². The van der Waals surface area contributed by atoms with Crippen LogP contribution in [0, 0.1) is 11.6 Å². The summed E-state index contributed by atoms with van der Waals surface area (Å²) in [6.45, 7) is 0. The second kappa shape index (κ2) is 12.4. The molecule has 0 unspecified atom stereocenters. The number of hydrogen-bond acceptors (Lipinski definition) is 6. The van der Waals surface area contributed by atoms with Crippen molar-refractivity contribution in [2.24, 2.45) is 7.05 Å². The van der Waals surface area contributed by atoms with Gasteiger partial charge in [0.05, 0.1) is 17.2 Å². The molecule has 0 fully saturated rings. The van der Waals surface area contributed by atoms with Gasteiger partial charge in [-0.1, -0.05) is 0 Å². The zero-order valence-electron chi connectivity index (χ0n) is 21.6. The van der Waals surface area contributed by atoms with Crippen molar-refractivity contribution in [3.8, 4) is 22.6 Å². The number of aryl methyl sites for hydroxylation is 1. The molecule has 2 aromatic carbocycles. The minimum absolute atomic E-state index is 0.00587. The summed E-state index contributed by atoms with van der Waals surface area (Å²) < 4.78 is 88.9. The Morgan fingerprint density at radius 3 is 2.15 bits per heavy atom. The maximum Gasteiger partial charge on any atom is 0.274 e. The highest BCUT2D eigenvalue weighted by Gasteiger charge is 2.34. The van der Waals surface area contributed by atoms with Crippen molar-refractivity contribution < 1.29 is 30.4 Å². The van der Waals surface area contributed by atoms with Crippen molar-refractivity contribution in [2.75, 3.05) is 27.0 Å². The SMILES string of the molecule is Cn1cc(-c2cc(N(S(=O)(=O)CCCCl)S(=O)(=O)CCCCl)ccc2Oc2ccc(F)cc2F)c2cc[nH]c2c1=O. The molecule has 41 heavy (non-hydrogen) atoms. The highest BCUT2D eigenvalue weighted by Crippen LogP contribution is 2.40. The highest BCUT2D eigenvalue weighted by molar-refractivity contribution is 8.10. The number of alkyl halides is 2. The van der Waals surface area contributed by atoms with Gasteiger partial charge in [-0.05, 0) is 49.2 Å². The molecule has 2 heterocycles. The Bertz CT molecular complexity index is 1820. The van der Waals surface area contributed by atoms with Gasteiger partial charge in [0.1, 0.15) is 17.1 Å². The Morgan fingerprint density at radius 2 is 1.54 bits per heavy atom. The van der Waals surface area contributed by atoms with Crippen molar-refractivity contribution >= 4 is 59.8 Å². The van der Waals surface area contributed by atoms with Crippen LogP contribution in [0.2, 0.25) is 0 Å². The molecule has 2 aromatic heterocycles. The van der Waals surface area contributed by atoms with Gasteiger partial charge in [-0.2, -0.15) is 3.71 Å². The molecule has 15 heteroatoms.